The smallest absolute Gasteiger partial charge is 0.245 e. The Labute approximate surface area is 138 Å². The lowest BCUT2D eigenvalue weighted by Gasteiger charge is -2.31. The molecule has 0 aromatic carbocycles. The largest absolute Gasteiger partial charge is 0.378 e. The van der Waals surface area contributed by atoms with Gasteiger partial charge in [-0.25, -0.2) is 0 Å². The van der Waals surface area contributed by atoms with Crippen molar-refractivity contribution in [2.45, 2.75) is 38.6 Å². The van der Waals surface area contributed by atoms with E-state index in [-0.39, 0.29) is 36.1 Å². The molecule has 1 saturated heterocycles. The summed E-state index contributed by atoms with van der Waals surface area (Å²) in [6, 6.07) is -0.422. The average Bonchev–Trinajstić information content (AvgIpc) is 3.01. The summed E-state index contributed by atoms with van der Waals surface area (Å²) in [6.45, 7) is 4.85. The third-order valence-corrected chi connectivity index (χ3v) is 4.64. The molecule has 128 valence electrons. The Bertz CT molecular complexity index is 375. The second kappa shape index (κ2) is 9.33. The van der Waals surface area contributed by atoms with Crippen molar-refractivity contribution in [2.24, 2.45) is 17.6 Å². The molecule has 2 fully saturated rings. The van der Waals surface area contributed by atoms with Crippen molar-refractivity contribution in [1.82, 2.24) is 10.2 Å². The quantitative estimate of drug-likeness (QED) is 0.769. The minimum Gasteiger partial charge on any atom is -0.378 e. The van der Waals surface area contributed by atoms with Gasteiger partial charge in [-0.15, -0.1) is 12.4 Å². The number of rotatable bonds is 5. The molecule has 2 amide bonds. The van der Waals surface area contributed by atoms with Crippen LogP contribution in [0, 0.1) is 11.8 Å². The number of nitrogens with two attached hydrogens (primary N) is 1. The number of hydrogen-bond donors (Lipinski definition) is 2. The van der Waals surface area contributed by atoms with Gasteiger partial charge in [0.15, 0.2) is 0 Å². The van der Waals surface area contributed by atoms with Gasteiger partial charge in [-0.1, -0.05) is 13.3 Å². The van der Waals surface area contributed by atoms with Crippen molar-refractivity contribution >= 4 is 24.2 Å². The molecule has 3 atom stereocenters. The third kappa shape index (κ3) is 4.57. The van der Waals surface area contributed by atoms with Crippen molar-refractivity contribution in [2.75, 3.05) is 32.8 Å². The summed E-state index contributed by atoms with van der Waals surface area (Å²) in [5.41, 5.74) is 5.73. The van der Waals surface area contributed by atoms with Gasteiger partial charge in [0.05, 0.1) is 13.2 Å². The summed E-state index contributed by atoms with van der Waals surface area (Å²) in [4.78, 5) is 26.7. The van der Waals surface area contributed by atoms with Crippen molar-refractivity contribution in [3.63, 3.8) is 0 Å². The number of halogens is 1. The predicted octanol–water partition coefficient (Wildman–Crippen LogP) is 0.537. The Hall–Kier alpha value is -0.850. The molecule has 2 aliphatic rings. The van der Waals surface area contributed by atoms with Gasteiger partial charge in [0.2, 0.25) is 11.8 Å². The van der Waals surface area contributed by atoms with Crippen LogP contribution >= 0.6 is 12.4 Å². The van der Waals surface area contributed by atoms with Crippen LogP contribution in [0.15, 0.2) is 0 Å². The summed E-state index contributed by atoms with van der Waals surface area (Å²) in [5, 5.41) is 2.94. The lowest BCUT2D eigenvalue weighted by atomic mass is 9.95. The lowest BCUT2D eigenvalue weighted by molar-refractivity contribution is -0.141. The van der Waals surface area contributed by atoms with E-state index in [4.69, 9.17) is 10.5 Å². The van der Waals surface area contributed by atoms with Gasteiger partial charge in [0, 0.05) is 19.0 Å². The highest BCUT2D eigenvalue weighted by atomic mass is 35.5. The SMILES string of the molecule is CCC(NC(=O)[C@@H]1CCC[C@@H]1CN)C(=O)N1CCOCC1.Cl. The molecule has 0 radical (unpaired) electrons. The van der Waals surface area contributed by atoms with Gasteiger partial charge in [-0.3, -0.25) is 9.59 Å². The molecule has 0 aromatic rings. The Morgan fingerprint density at radius 3 is 2.59 bits per heavy atom. The summed E-state index contributed by atoms with van der Waals surface area (Å²) in [6.07, 6.45) is 3.56. The zero-order valence-corrected chi connectivity index (χ0v) is 14.1. The van der Waals surface area contributed by atoms with Gasteiger partial charge >= 0.3 is 0 Å². The van der Waals surface area contributed by atoms with E-state index < -0.39 is 6.04 Å². The molecule has 6 nitrogen and oxygen atoms in total. The van der Waals surface area contributed by atoms with Gasteiger partial charge < -0.3 is 20.7 Å². The van der Waals surface area contributed by atoms with Crippen LogP contribution in [-0.4, -0.2) is 55.6 Å². The fourth-order valence-corrected chi connectivity index (χ4v) is 3.29. The fourth-order valence-electron chi connectivity index (χ4n) is 3.29. The highest BCUT2D eigenvalue weighted by Crippen LogP contribution is 2.31. The highest BCUT2D eigenvalue weighted by molar-refractivity contribution is 5.88. The van der Waals surface area contributed by atoms with E-state index in [2.05, 4.69) is 5.32 Å². The molecule has 0 bridgehead atoms. The van der Waals surface area contributed by atoms with Crippen molar-refractivity contribution in [3.8, 4) is 0 Å². The van der Waals surface area contributed by atoms with E-state index in [1.165, 1.54) is 0 Å². The van der Waals surface area contributed by atoms with Gasteiger partial charge in [-0.2, -0.15) is 0 Å². The van der Waals surface area contributed by atoms with Crippen LogP contribution in [0.25, 0.3) is 0 Å². The van der Waals surface area contributed by atoms with E-state index in [0.29, 0.717) is 39.3 Å². The van der Waals surface area contributed by atoms with E-state index >= 15 is 0 Å². The minimum atomic E-state index is -0.422. The molecule has 1 unspecified atom stereocenters. The van der Waals surface area contributed by atoms with Gasteiger partial charge in [0.1, 0.15) is 6.04 Å². The predicted molar refractivity (Wildman–Crippen MR) is 86.8 cm³/mol. The minimum absolute atomic E-state index is 0. The summed E-state index contributed by atoms with van der Waals surface area (Å²) < 4.78 is 5.26. The van der Waals surface area contributed by atoms with Gasteiger partial charge in [0.25, 0.3) is 0 Å². The number of hydrogen-bond acceptors (Lipinski definition) is 4. The number of nitrogens with one attached hydrogen (secondary N) is 1. The number of amides is 2. The van der Waals surface area contributed by atoms with E-state index in [9.17, 15) is 9.59 Å². The summed E-state index contributed by atoms with van der Waals surface area (Å²) in [7, 11) is 0. The average molecular weight is 334 g/mol. The molecular formula is C15H28ClN3O3. The van der Waals surface area contributed by atoms with Crippen LogP contribution in [-0.2, 0) is 14.3 Å². The standard InChI is InChI=1S/C15H27N3O3.ClH/c1-2-13(15(20)18-6-8-21-9-7-18)17-14(19)12-5-3-4-11(12)10-16;/h11-13H,2-10,16H2,1H3,(H,17,19);1H/t11-,12-,13?;/m1./s1. The van der Waals surface area contributed by atoms with Crippen LogP contribution in [0.1, 0.15) is 32.6 Å². The number of morpholine rings is 1. The van der Waals surface area contributed by atoms with Crippen molar-refractivity contribution < 1.29 is 14.3 Å². The van der Waals surface area contributed by atoms with Gasteiger partial charge in [-0.05, 0) is 31.7 Å². The normalized spacial score (nSPS) is 26.2. The van der Waals surface area contributed by atoms with Crippen molar-refractivity contribution in [3.05, 3.63) is 0 Å². The Morgan fingerprint density at radius 1 is 1.32 bits per heavy atom. The number of nitrogens with zero attached hydrogens (tertiary/aromatic N) is 1. The molecule has 7 heteroatoms. The topological polar surface area (TPSA) is 84.7 Å². The van der Waals surface area contributed by atoms with Crippen LogP contribution in [0.3, 0.4) is 0 Å². The summed E-state index contributed by atoms with van der Waals surface area (Å²) in [5.74, 6) is 0.246. The number of carbonyl (C=O) groups excluding carboxylic acids is 2. The molecule has 22 heavy (non-hydrogen) atoms. The molecule has 0 aromatic heterocycles. The number of ether oxygens (including phenoxy) is 1. The van der Waals surface area contributed by atoms with E-state index in [1.54, 1.807) is 4.90 Å². The van der Waals surface area contributed by atoms with Crippen LogP contribution < -0.4 is 11.1 Å². The maximum Gasteiger partial charge on any atom is 0.245 e. The molecule has 1 aliphatic heterocycles. The van der Waals surface area contributed by atoms with E-state index in [0.717, 1.165) is 19.3 Å². The first kappa shape index (κ1) is 19.2. The zero-order valence-electron chi connectivity index (χ0n) is 13.3. The first-order valence-corrected chi connectivity index (χ1v) is 8.04. The fraction of sp³-hybridized carbons (Fsp3) is 0.867. The molecular weight excluding hydrogens is 306 g/mol. The van der Waals surface area contributed by atoms with Crippen molar-refractivity contribution in [1.29, 1.82) is 0 Å². The molecule has 2 rings (SSSR count). The zero-order chi connectivity index (χ0) is 15.2. The summed E-state index contributed by atoms with van der Waals surface area (Å²) >= 11 is 0. The second-order valence-corrected chi connectivity index (χ2v) is 5.94. The Morgan fingerprint density at radius 2 is 2.00 bits per heavy atom. The highest BCUT2D eigenvalue weighted by Gasteiger charge is 2.34. The molecule has 3 N–H and O–H groups in total. The number of carbonyl (C=O) groups is 2. The maximum atomic E-state index is 12.5. The Balaban J connectivity index is 0.00000242. The van der Waals surface area contributed by atoms with Crippen LogP contribution in [0.2, 0.25) is 0 Å². The first-order valence-electron chi connectivity index (χ1n) is 8.04. The monoisotopic (exact) mass is 333 g/mol. The van der Waals surface area contributed by atoms with Crippen LogP contribution in [0.5, 0.6) is 0 Å². The van der Waals surface area contributed by atoms with E-state index in [1.807, 2.05) is 6.92 Å². The Kier molecular flexibility index (Phi) is 8.14. The second-order valence-electron chi connectivity index (χ2n) is 5.94. The molecule has 0 spiro atoms. The maximum absolute atomic E-state index is 12.5. The third-order valence-electron chi connectivity index (χ3n) is 4.64. The molecule has 1 aliphatic carbocycles. The first-order chi connectivity index (χ1) is 10.2. The lowest BCUT2D eigenvalue weighted by Crippen LogP contribution is -2.52. The molecule has 1 saturated carbocycles. The molecule has 1 heterocycles. The van der Waals surface area contributed by atoms with Crippen LogP contribution in [0.4, 0.5) is 0 Å².